The third-order valence-corrected chi connectivity index (χ3v) is 8.32. The second-order valence-electron chi connectivity index (χ2n) is 8.78. The second-order valence-corrected chi connectivity index (χ2v) is 10.9. The van der Waals surface area contributed by atoms with Crippen LogP contribution in [0.25, 0.3) is 22.1 Å². The van der Waals surface area contributed by atoms with Gasteiger partial charge in [0, 0.05) is 26.6 Å². The number of nitrogens with zero attached hydrogens (tertiary/aromatic N) is 5. The van der Waals surface area contributed by atoms with E-state index in [0.29, 0.717) is 5.92 Å². The Balaban J connectivity index is 1.33. The fraction of sp³-hybridized carbons (Fsp3) is 0.417. The molecule has 0 unspecified atom stereocenters. The molecule has 9 heteroatoms. The molecule has 0 atom stereocenters. The standard InChI is InChI=1S/C24H29N5O3S/c1-4-29-21-10-9-18(33(30,31)27(2)3)15-20(21)25-23(29)16-28-13-11-17(12-14-28)24-26-19-7-5-6-8-22(19)32-24/h5-10,15,17H,4,11-14,16H2,1-3H3. The first-order valence-electron chi connectivity index (χ1n) is 11.4. The van der Waals surface area contributed by atoms with Gasteiger partial charge in [-0.05, 0) is 63.2 Å². The van der Waals surface area contributed by atoms with E-state index in [0.717, 1.165) is 72.9 Å². The Morgan fingerprint density at radius 3 is 2.52 bits per heavy atom. The van der Waals surface area contributed by atoms with Gasteiger partial charge < -0.3 is 8.98 Å². The molecule has 0 radical (unpaired) electrons. The maximum atomic E-state index is 12.5. The van der Waals surface area contributed by atoms with Crippen LogP contribution in [0.15, 0.2) is 51.8 Å². The summed E-state index contributed by atoms with van der Waals surface area (Å²) in [5.74, 6) is 2.14. The average Bonchev–Trinajstić information content (AvgIpc) is 3.39. The van der Waals surface area contributed by atoms with Crippen molar-refractivity contribution >= 4 is 32.2 Å². The zero-order valence-corrected chi connectivity index (χ0v) is 20.0. The molecule has 8 nitrogen and oxygen atoms in total. The Bertz CT molecular complexity index is 1370. The topological polar surface area (TPSA) is 84.5 Å². The van der Waals surface area contributed by atoms with Crippen molar-refractivity contribution in [3.8, 4) is 0 Å². The molecule has 1 aliphatic rings. The lowest BCUT2D eigenvalue weighted by molar-refractivity contribution is 0.188. The van der Waals surface area contributed by atoms with Crippen molar-refractivity contribution in [2.75, 3.05) is 27.2 Å². The number of aryl methyl sites for hydroxylation is 1. The van der Waals surface area contributed by atoms with Crippen molar-refractivity contribution in [2.24, 2.45) is 0 Å². The molecule has 5 rings (SSSR count). The molecule has 0 N–H and O–H groups in total. The van der Waals surface area contributed by atoms with Gasteiger partial charge in [0.1, 0.15) is 11.3 Å². The number of oxazole rings is 1. The Morgan fingerprint density at radius 2 is 1.82 bits per heavy atom. The lowest BCUT2D eigenvalue weighted by atomic mass is 9.97. The SMILES string of the molecule is CCn1c(CN2CCC(c3nc4ccccc4o3)CC2)nc2cc(S(=O)(=O)N(C)C)ccc21. The quantitative estimate of drug-likeness (QED) is 0.429. The number of benzene rings is 2. The number of piperidine rings is 1. The molecule has 0 aliphatic carbocycles. The van der Waals surface area contributed by atoms with E-state index in [2.05, 4.69) is 21.4 Å². The number of hydrogen-bond donors (Lipinski definition) is 0. The second kappa shape index (κ2) is 8.55. The number of imidazole rings is 1. The molecule has 33 heavy (non-hydrogen) atoms. The number of rotatable bonds is 6. The van der Waals surface area contributed by atoms with E-state index in [1.165, 1.54) is 4.31 Å². The van der Waals surface area contributed by atoms with Crippen LogP contribution in [-0.4, -0.2) is 59.3 Å². The zero-order chi connectivity index (χ0) is 23.2. The molecule has 4 aromatic rings. The van der Waals surface area contributed by atoms with Gasteiger partial charge in [-0.2, -0.15) is 0 Å². The molecule has 174 valence electrons. The van der Waals surface area contributed by atoms with Crippen molar-refractivity contribution in [1.29, 1.82) is 0 Å². The molecule has 0 saturated carbocycles. The Morgan fingerprint density at radius 1 is 1.06 bits per heavy atom. The predicted octanol–water partition coefficient (Wildman–Crippen LogP) is 3.83. The highest BCUT2D eigenvalue weighted by Gasteiger charge is 2.26. The van der Waals surface area contributed by atoms with Gasteiger partial charge in [0.05, 0.1) is 22.5 Å². The molecule has 1 fully saturated rings. The summed E-state index contributed by atoms with van der Waals surface area (Å²) in [5.41, 5.74) is 3.45. The molecule has 2 aromatic carbocycles. The summed E-state index contributed by atoms with van der Waals surface area (Å²) in [6, 6.07) is 13.1. The lowest BCUT2D eigenvalue weighted by Crippen LogP contribution is -2.33. The summed E-state index contributed by atoms with van der Waals surface area (Å²) in [4.78, 5) is 12.2. The van der Waals surface area contributed by atoms with Gasteiger partial charge in [0.25, 0.3) is 0 Å². The first-order chi connectivity index (χ1) is 15.9. The number of aromatic nitrogens is 3. The normalized spacial score (nSPS) is 16.4. The van der Waals surface area contributed by atoms with E-state index in [1.807, 2.05) is 30.3 Å². The Hall–Kier alpha value is -2.75. The smallest absolute Gasteiger partial charge is 0.242 e. The number of fused-ring (bicyclic) bond motifs is 2. The number of likely N-dealkylation sites (tertiary alicyclic amines) is 1. The molecule has 0 bridgehead atoms. The summed E-state index contributed by atoms with van der Waals surface area (Å²) in [6.45, 7) is 5.49. The average molecular weight is 468 g/mol. The van der Waals surface area contributed by atoms with E-state index in [1.54, 1.807) is 26.2 Å². The minimum absolute atomic E-state index is 0.270. The van der Waals surface area contributed by atoms with Crippen molar-refractivity contribution in [3.05, 3.63) is 54.2 Å². The Labute approximate surface area is 193 Å². The van der Waals surface area contributed by atoms with Crippen LogP contribution in [-0.2, 0) is 23.1 Å². The highest BCUT2D eigenvalue weighted by Crippen LogP contribution is 2.31. The van der Waals surface area contributed by atoms with Crippen molar-refractivity contribution in [2.45, 2.75) is 43.7 Å². The van der Waals surface area contributed by atoms with E-state index in [-0.39, 0.29) is 4.90 Å². The maximum Gasteiger partial charge on any atom is 0.242 e. The number of para-hydroxylation sites is 2. The third-order valence-electron chi connectivity index (χ3n) is 6.51. The highest BCUT2D eigenvalue weighted by atomic mass is 32.2. The monoisotopic (exact) mass is 467 g/mol. The van der Waals surface area contributed by atoms with Gasteiger partial charge in [-0.1, -0.05) is 12.1 Å². The van der Waals surface area contributed by atoms with E-state index in [4.69, 9.17) is 9.40 Å². The molecular formula is C24H29N5O3S. The molecule has 1 aliphatic heterocycles. The lowest BCUT2D eigenvalue weighted by Gasteiger charge is -2.30. The van der Waals surface area contributed by atoms with Crippen molar-refractivity contribution in [3.63, 3.8) is 0 Å². The van der Waals surface area contributed by atoms with Crippen LogP contribution in [0.4, 0.5) is 0 Å². The summed E-state index contributed by atoms with van der Waals surface area (Å²) < 4.78 is 34.5. The van der Waals surface area contributed by atoms with E-state index in [9.17, 15) is 8.42 Å². The van der Waals surface area contributed by atoms with Gasteiger partial charge in [-0.25, -0.2) is 22.7 Å². The molecule has 0 spiro atoms. The summed E-state index contributed by atoms with van der Waals surface area (Å²) in [5, 5.41) is 0. The van der Waals surface area contributed by atoms with Gasteiger partial charge in [0.15, 0.2) is 11.5 Å². The van der Waals surface area contributed by atoms with Gasteiger partial charge in [-0.15, -0.1) is 0 Å². The van der Waals surface area contributed by atoms with Crippen LogP contribution < -0.4 is 0 Å². The molecule has 1 saturated heterocycles. The minimum atomic E-state index is -3.49. The van der Waals surface area contributed by atoms with Crippen LogP contribution in [0.3, 0.4) is 0 Å². The first kappa shape index (κ1) is 22.1. The fourth-order valence-electron chi connectivity index (χ4n) is 4.61. The maximum absolute atomic E-state index is 12.5. The van der Waals surface area contributed by atoms with Crippen molar-refractivity contribution in [1.82, 2.24) is 23.7 Å². The molecular weight excluding hydrogens is 438 g/mol. The van der Waals surface area contributed by atoms with E-state index >= 15 is 0 Å². The van der Waals surface area contributed by atoms with Gasteiger partial charge >= 0.3 is 0 Å². The predicted molar refractivity (Wildman–Crippen MR) is 128 cm³/mol. The van der Waals surface area contributed by atoms with Gasteiger partial charge in [-0.3, -0.25) is 4.90 Å². The van der Waals surface area contributed by atoms with E-state index < -0.39 is 10.0 Å². The van der Waals surface area contributed by atoms with Gasteiger partial charge in [0.2, 0.25) is 10.0 Å². The minimum Gasteiger partial charge on any atom is -0.440 e. The van der Waals surface area contributed by atoms with Crippen LogP contribution in [0.5, 0.6) is 0 Å². The fourth-order valence-corrected chi connectivity index (χ4v) is 5.53. The number of sulfonamides is 1. The highest BCUT2D eigenvalue weighted by molar-refractivity contribution is 7.89. The van der Waals surface area contributed by atoms with Crippen LogP contribution in [0.1, 0.15) is 37.4 Å². The summed E-state index contributed by atoms with van der Waals surface area (Å²) >= 11 is 0. The third kappa shape index (κ3) is 4.05. The number of hydrogen-bond acceptors (Lipinski definition) is 6. The van der Waals surface area contributed by atoms with Crippen LogP contribution in [0.2, 0.25) is 0 Å². The molecule has 2 aromatic heterocycles. The summed E-state index contributed by atoms with van der Waals surface area (Å²) in [6.07, 6.45) is 1.98. The van der Waals surface area contributed by atoms with Crippen LogP contribution in [0, 0.1) is 0 Å². The van der Waals surface area contributed by atoms with Crippen LogP contribution >= 0.6 is 0 Å². The zero-order valence-electron chi connectivity index (χ0n) is 19.2. The van der Waals surface area contributed by atoms with Crippen molar-refractivity contribution < 1.29 is 12.8 Å². The molecule has 3 heterocycles. The first-order valence-corrected chi connectivity index (χ1v) is 12.8. The summed E-state index contributed by atoms with van der Waals surface area (Å²) in [7, 11) is -0.406. The molecule has 0 amide bonds. The largest absolute Gasteiger partial charge is 0.440 e. The Kier molecular flexibility index (Phi) is 5.72.